The Morgan fingerprint density at radius 3 is 2.71 bits per heavy atom. The van der Waals surface area contributed by atoms with Gasteiger partial charge in [-0.25, -0.2) is 8.42 Å². The van der Waals surface area contributed by atoms with E-state index < -0.39 is 9.84 Å². The smallest absolute Gasteiger partial charge is 0.229 e. The summed E-state index contributed by atoms with van der Waals surface area (Å²) >= 11 is 7.41. The van der Waals surface area contributed by atoms with Gasteiger partial charge in [0.05, 0.1) is 12.2 Å². The minimum Gasteiger partial charge on any atom is -0.325 e. The number of thiophene rings is 1. The highest BCUT2D eigenvalue weighted by Crippen LogP contribution is 2.23. The van der Waals surface area contributed by atoms with E-state index in [4.69, 9.17) is 11.6 Å². The van der Waals surface area contributed by atoms with Crippen LogP contribution in [0.1, 0.15) is 10.4 Å². The molecular formula is C14H14ClNO3S2. The van der Waals surface area contributed by atoms with Crippen molar-refractivity contribution in [3.8, 4) is 0 Å². The van der Waals surface area contributed by atoms with Gasteiger partial charge in [0, 0.05) is 21.8 Å². The molecule has 0 unspecified atom stereocenters. The molecule has 0 spiro atoms. The van der Waals surface area contributed by atoms with E-state index in [1.165, 1.54) is 11.3 Å². The van der Waals surface area contributed by atoms with Crippen LogP contribution in [0.2, 0.25) is 5.02 Å². The summed E-state index contributed by atoms with van der Waals surface area (Å²) in [5.74, 6) is -0.340. The minimum atomic E-state index is -3.19. The summed E-state index contributed by atoms with van der Waals surface area (Å²) in [5, 5.41) is 5.07. The van der Waals surface area contributed by atoms with Crippen molar-refractivity contribution in [3.05, 3.63) is 51.2 Å². The van der Waals surface area contributed by atoms with Crippen LogP contribution in [0, 0.1) is 0 Å². The van der Waals surface area contributed by atoms with Crippen LogP contribution in [0.25, 0.3) is 0 Å². The molecule has 0 aliphatic heterocycles. The van der Waals surface area contributed by atoms with Crippen molar-refractivity contribution in [2.24, 2.45) is 0 Å². The molecule has 0 fully saturated rings. The summed E-state index contributed by atoms with van der Waals surface area (Å²) in [6.07, 6.45) is 1.40. The quantitative estimate of drug-likeness (QED) is 0.907. The van der Waals surface area contributed by atoms with Crippen LogP contribution in [0.5, 0.6) is 0 Å². The largest absolute Gasteiger partial charge is 0.325 e. The first kappa shape index (κ1) is 16.0. The zero-order valence-electron chi connectivity index (χ0n) is 11.3. The number of carbonyl (C=O) groups is 1. The van der Waals surface area contributed by atoms with E-state index in [-0.39, 0.29) is 18.1 Å². The summed E-state index contributed by atoms with van der Waals surface area (Å²) in [5.41, 5.74) is 0.968. The maximum absolute atomic E-state index is 12.0. The first-order valence-corrected chi connectivity index (χ1v) is 9.44. The fourth-order valence-corrected chi connectivity index (χ4v) is 3.53. The number of anilines is 1. The predicted molar refractivity (Wildman–Crippen MR) is 86.7 cm³/mol. The van der Waals surface area contributed by atoms with Crippen molar-refractivity contribution in [3.63, 3.8) is 0 Å². The van der Waals surface area contributed by atoms with Crippen LogP contribution in [0.15, 0.2) is 35.7 Å². The third-order valence-electron chi connectivity index (χ3n) is 2.68. The lowest BCUT2D eigenvalue weighted by Gasteiger charge is -2.11. The number of hydrogen-bond acceptors (Lipinski definition) is 4. The van der Waals surface area contributed by atoms with Gasteiger partial charge in [0.25, 0.3) is 0 Å². The molecule has 1 heterocycles. The van der Waals surface area contributed by atoms with Crippen molar-refractivity contribution in [2.45, 2.75) is 12.2 Å². The number of amides is 1. The molecule has 2 aromatic rings. The average Bonchev–Trinajstić information content (AvgIpc) is 2.84. The Kier molecular flexibility index (Phi) is 5.03. The molecule has 4 nitrogen and oxygen atoms in total. The maximum Gasteiger partial charge on any atom is 0.229 e. The third kappa shape index (κ3) is 5.15. The number of benzene rings is 1. The van der Waals surface area contributed by atoms with E-state index in [1.807, 2.05) is 17.5 Å². The summed E-state index contributed by atoms with van der Waals surface area (Å²) < 4.78 is 22.9. The van der Waals surface area contributed by atoms with Gasteiger partial charge >= 0.3 is 0 Å². The molecule has 112 valence electrons. The third-order valence-corrected chi connectivity index (χ3v) is 4.63. The number of halogens is 1. The van der Waals surface area contributed by atoms with Crippen molar-refractivity contribution in [1.82, 2.24) is 0 Å². The molecule has 0 aliphatic rings. The Labute approximate surface area is 132 Å². The number of nitrogens with one attached hydrogen (secondary N) is 1. The van der Waals surface area contributed by atoms with Crippen LogP contribution in [0.4, 0.5) is 5.69 Å². The van der Waals surface area contributed by atoms with Gasteiger partial charge in [-0.05, 0) is 29.1 Å². The Morgan fingerprint density at radius 1 is 1.33 bits per heavy atom. The first-order valence-electron chi connectivity index (χ1n) is 6.12. The second-order valence-electron chi connectivity index (χ2n) is 4.68. The second-order valence-corrected chi connectivity index (χ2v) is 8.28. The van der Waals surface area contributed by atoms with E-state index in [2.05, 4.69) is 5.32 Å². The summed E-state index contributed by atoms with van der Waals surface area (Å²) in [6.45, 7) is 0. The summed E-state index contributed by atoms with van der Waals surface area (Å²) in [7, 11) is -3.19. The van der Waals surface area contributed by atoms with Crippen LogP contribution >= 0.6 is 22.9 Å². The van der Waals surface area contributed by atoms with Gasteiger partial charge in [-0.15, -0.1) is 11.3 Å². The van der Waals surface area contributed by atoms with Crippen molar-refractivity contribution >= 4 is 44.4 Å². The molecule has 1 aromatic carbocycles. The monoisotopic (exact) mass is 343 g/mol. The lowest BCUT2D eigenvalue weighted by molar-refractivity contribution is -0.115. The first-order chi connectivity index (χ1) is 9.83. The molecule has 2 rings (SSSR count). The van der Waals surface area contributed by atoms with Gasteiger partial charge in [0.1, 0.15) is 0 Å². The van der Waals surface area contributed by atoms with Crippen molar-refractivity contribution in [2.75, 3.05) is 11.6 Å². The van der Waals surface area contributed by atoms with Crippen LogP contribution in [0.3, 0.4) is 0 Å². The molecule has 0 aliphatic carbocycles. The lowest BCUT2D eigenvalue weighted by atomic mass is 10.2. The average molecular weight is 344 g/mol. The second kappa shape index (κ2) is 6.60. The SMILES string of the molecule is CS(=O)(=O)Cc1ccc(Cl)cc1NC(=O)Cc1cccs1. The lowest BCUT2D eigenvalue weighted by Crippen LogP contribution is -2.16. The van der Waals surface area contributed by atoms with Gasteiger partial charge in [-0.3, -0.25) is 4.79 Å². The highest BCUT2D eigenvalue weighted by atomic mass is 35.5. The zero-order valence-corrected chi connectivity index (χ0v) is 13.7. The van der Waals surface area contributed by atoms with Gasteiger partial charge in [-0.1, -0.05) is 23.7 Å². The fraction of sp³-hybridized carbons (Fsp3) is 0.214. The van der Waals surface area contributed by atoms with Crippen LogP contribution in [-0.4, -0.2) is 20.6 Å². The predicted octanol–water partition coefficient (Wildman–Crippen LogP) is 3.13. The molecule has 0 saturated heterocycles. The van der Waals surface area contributed by atoms with Crippen LogP contribution in [-0.2, 0) is 26.8 Å². The van der Waals surface area contributed by atoms with Gasteiger partial charge < -0.3 is 5.32 Å². The Bertz CT molecular complexity index is 740. The van der Waals surface area contributed by atoms with Crippen LogP contribution < -0.4 is 5.32 Å². The van der Waals surface area contributed by atoms with E-state index in [1.54, 1.807) is 18.2 Å². The molecule has 1 N–H and O–H groups in total. The van der Waals surface area contributed by atoms with E-state index in [0.29, 0.717) is 16.3 Å². The zero-order chi connectivity index (χ0) is 15.5. The minimum absolute atomic E-state index is 0.140. The van der Waals surface area contributed by atoms with Gasteiger partial charge in [0.2, 0.25) is 5.91 Å². The van der Waals surface area contributed by atoms with E-state index in [0.717, 1.165) is 11.1 Å². The van der Waals surface area contributed by atoms with Crippen molar-refractivity contribution < 1.29 is 13.2 Å². The van der Waals surface area contributed by atoms with Gasteiger partial charge in [0.15, 0.2) is 9.84 Å². The highest BCUT2D eigenvalue weighted by molar-refractivity contribution is 7.89. The molecule has 7 heteroatoms. The molecule has 1 amide bonds. The molecule has 1 aromatic heterocycles. The number of rotatable bonds is 5. The van der Waals surface area contributed by atoms with Crippen molar-refractivity contribution in [1.29, 1.82) is 0 Å². The summed E-state index contributed by atoms with van der Waals surface area (Å²) in [6, 6.07) is 8.54. The molecule has 0 bridgehead atoms. The molecule has 0 radical (unpaired) electrons. The van der Waals surface area contributed by atoms with E-state index in [9.17, 15) is 13.2 Å². The standard InChI is InChI=1S/C14H14ClNO3S2/c1-21(18,19)9-10-4-5-11(15)7-13(10)16-14(17)8-12-3-2-6-20-12/h2-7H,8-9H2,1H3,(H,16,17). The Hall–Kier alpha value is -1.37. The normalized spacial score (nSPS) is 11.3. The Balaban J connectivity index is 2.18. The number of hydrogen-bond donors (Lipinski definition) is 1. The van der Waals surface area contributed by atoms with E-state index >= 15 is 0 Å². The molecule has 0 atom stereocenters. The Morgan fingerprint density at radius 2 is 2.10 bits per heavy atom. The number of sulfone groups is 1. The topological polar surface area (TPSA) is 63.2 Å². The van der Waals surface area contributed by atoms with Gasteiger partial charge in [-0.2, -0.15) is 0 Å². The summed E-state index contributed by atoms with van der Waals surface area (Å²) in [4.78, 5) is 13.0. The highest BCUT2D eigenvalue weighted by Gasteiger charge is 2.13. The molecule has 0 saturated carbocycles. The fourth-order valence-electron chi connectivity index (χ4n) is 1.84. The number of carbonyl (C=O) groups excluding carboxylic acids is 1. The molecular weight excluding hydrogens is 330 g/mol. The molecule has 21 heavy (non-hydrogen) atoms. The maximum atomic E-state index is 12.0.